The summed E-state index contributed by atoms with van der Waals surface area (Å²) in [6.07, 6.45) is 3.61. The number of amides is 2. The number of rotatable bonds is 1. The molecule has 4 heterocycles. The van der Waals surface area contributed by atoms with Gasteiger partial charge in [-0.3, -0.25) is 14.6 Å². The maximum atomic E-state index is 13.3. The monoisotopic (exact) mass is 337 g/mol. The molecular weight excluding hydrogens is 318 g/mol. The number of likely N-dealkylation sites (tertiary alicyclic amines) is 1. The molecular formula is C19H19N3O3. The average molecular weight is 337 g/mol. The molecule has 25 heavy (non-hydrogen) atoms. The van der Waals surface area contributed by atoms with Crippen LogP contribution in [0, 0.1) is 0 Å². The van der Waals surface area contributed by atoms with Crippen LogP contribution in [0.4, 0.5) is 0 Å². The van der Waals surface area contributed by atoms with E-state index in [4.69, 9.17) is 4.74 Å². The molecule has 3 aliphatic rings. The Balaban J connectivity index is 1.54. The van der Waals surface area contributed by atoms with Gasteiger partial charge >= 0.3 is 0 Å². The van der Waals surface area contributed by atoms with E-state index in [-0.39, 0.29) is 17.9 Å². The predicted molar refractivity (Wildman–Crippen MR) is 90.8 cm³/mol. The third-order valence-electron chi connectivity index (χ3n) is 5.74. The zero-order valence-corrected chi connectivity index (χ0v) is 13.9. The van der Waals surface area contributed by atoms with Gasteiger partial charge in [-0.25, -0.2) is 0 Å². The number of benzene rings is 1. The highest BCUT2D eigenvalue weighted by Gasteiger charge is 2.61. The lowest BCUT2D eigenvalue weighted by atomic mass is 10.0. The number of aromatic nitrogens is 1. The van der Waals surface area contributed by atoms with Crippen LogP contribution in [0.25, 0.3) is 10.9 Å². The molecule has 6 nitrogen and oxygen atoms in total. The lowest BCUT2D eigenvalue weighted by Crippen LogP contribution is -2.56. The van der Waals surface area contributed by atoms with Gasteiger partial charge in [-0.1, -0.05) is 18.2 Å². The van der Waals surface area contributed by atoms with Crippen LogP contribution in [0.2, 0.25) is 0 Å². The average Bonchev–Trinajstić information content (AvgIpc) is 3.13. The van der Waals surface area contributed by atoms with Crippen LogP contribution in [0.5, 0.6) is 0 Å². The minimum Gasteiger partial charge on any atom is -0.353 e. The Hall–Kier alpha value is -2.47. The molecule has 2 atom stereocenters. The van der Waals surface area contributed by atoms with E-state index in [1.807, 2.05) is 40.1 Å². The summed E-state index contributed by atoms with van der Waals surface area (Å²) >= 11 is 0. The molecule has 3 fully saturated rings. The normalized spacial score (nSPS) is 28.3. The van der Waals surface area contributed by atoms with Crippen LogP contribution >= 0.6 is 0 Å². The molecule has 128 valence electrons. The van der Waals surface area contributed by atoms with Gasteiger partial charge in [-0.2, -0.15) is 0 Å². The lowest BCUT2D eigenvalue weighted by molar-refractivity contribution is -0.179. The minimum atomic E-state index is -0.608. The Labute approximate surface area is 145 Å². The highest BCUT2D eigenvalue weighted by Crippen LogP contribution is 2.45. The molecule has 0 radical (unpaired) electrons. The lowest BCUT2D eigenvalue weighted by Gasteiger charge is -2.42. The first-order valence-corrected chi connectivity index (χ1v) is 8.80. The van der Waals surface area contributed by atoms with E-state index in [1.165, 1.54) is 0 Å². The maximum absolute atomic E-state index is 13.3. The highest BCUT2D eigenvalue weighted by atomic mass is 16.5. The molecule has 0 aliphatic carbocycles. The van der Waals surface area contributed by atoms with Gasteiger partial charge in [0, 0.05) is 31.1 Å². The van der Waals surface area contributed by atoms with Gasteiger partial charge in [0.1, 0.15) is 0 Å². The topological polar surface area (TPSA) is 62.7 Å². The van der Waals surface area contributed by atoms with Gasteiger partial charge in [0.15, 0.2) is 5.72 Å². The van der Waals surface area contributed by atoms with Crippen molar-refractivity contribution in [3.05, 3.63) is 42.1 Å². The summed E-state index contributed by atoms with van der Waals surface area (Å²) < 4.78 is 6.08. The summed E-state index contributed by atoms with van der Waals surface area (Å²) in [5.74, 6) is 0.0354. The Kier molecular flexibility index (Phi) is 3.12. The standard InChI is InChI=1S/C19H19N3O3/c23-16-12-15-19(22(16)9-3-11-25-19)7-10-21(15)18(24)14-6-1-4-13-5-2-8-20-17(13)14/h1-2,4-6,8,15H,3,7,9-12H2/t15-,19+/m1/s1. The number of carbonyl (C=O) groups excluding carboxylic acids is 2. The molecule has 0 N–H and O–H groups in total. The number of carbonyl (C=O) groups is 2. The van der Waals surface area contributed by atoms with E-state index in [0.29, 0.717) is 37.1 Å². The van der Waals surface area contributed by atoms with Crippen molar-refractivity contribution < 1.29 is 14.3 Å². The number of hydrogen-bond acceptors (Lipinski definition) is 4. The zero-order valence-electron chi connectivity index (χ0n) is 13.9. The third kappa shape index (κ3) is 1.97. The smallest absolute Gasteiger partial charge is 0.256 e. The fourth-order valence-corrected chi connectivity index (χ4v) is 4.62. The molecule has 0 unspecified atom stereocenters. The number of para-hydroxylation sites is 1. The minimum absolute atomic E-state index is 0.0602. The molecule has 3 saturated heterocycles. The van der Waals surface area contributed by atoms with E-state index >= 15 is 0 Å². The number of hydrogen-bond donors (Lipinski definition) is 0. The Morgan fingerprint density at radius 2 is 2.12 bits per heavy atom. The summed E-state index contributed by atoms with van der Waals surface area (Å²) in [5.41, 5.74) is 0.696. The maximum Gasteiger partial charge on any atom is 0.256 e. The molecule has 2 aromatic rings. The van der Waals surface area contributed by atoms with Gasteiger partial charge in [0.05, 0.1) is 30.1 Å². The van der Waals surface area contributed by atoms with Gasteiger partial charge in [-0.15, -0.1) is 0 Å². The first kappa shape index (κ1) is 14.8. The van der Waals surface area contributed by atoms with Crippen molar-refractivity contribution in [2.45, 2.75) is 31.0 Å². The van der Waals surface area contributed by atoms with Crippen LogP contribution in [0.15, 0.2) is 36.5 Å². The molecule has 1 aromatic heterocycles. The van der Waals surface area contributed by atoms with Crippen molar-refractivity contribution in [3.8, 4) is 0 Å². The second-order valence-electron chi connectivity index (χ2n) is 6.94. The van der Waals surface area contributed by atoms with Gasteiger partial charge < -0.3 is 14.5 Å². The Morgan fingerprint density at radius 3 is 3.04 bits per heavy atom. The molecule has 0 saturated carbocycles. The Morgan fingerprint density at radius 1 is 1.24 bits per heavy atom. The molecule has 6 heteroatoms. The number of pyridine rings is 1. The van der Waals surface area contributed by atoms with Crippen LogP contribution < -0.4 is 0 Å². The van der Waals surface area contributed by atoms with E-state index in [9.17, 15) is 9.59 Å². The van der Waals surface area contributed by atoms with Crippen molar-refractivity contribution >= 4 is 22.7 Å². The van der Waals surface area contributed by atoms with Crippen LogP contribution in [-0.2, 0) is 9.53 Å². The zero-order chi connectivity index (χ0) is 17.0. The van der Waals surface area contributed by atoms with Crippen LogP contribution in [0.3, 0.4) is 0 Å². The highest BCUT2D eigenvalue weighted by molar-refractivity contribution is 6.06. The second-order valence-corrected chi connectivity index (χ2v) is 6.94. The van der Waals surface area contributed by atoms with E-state index < -0.39 is 5.72 Å². The molecule has 2 amide bonds. The first-order valence-electron chi connectivity index (χ1n) is 8.80. The second kappa shape index (κ2) is 5.26. The fourth-order valence-electron chi connectivity index (χ4n) is 4.62. The third-order valence-corrected chi connectivity index (χ3v) is 5.74. The van der Waals surface area contributed by atoms with E-state index in [1.54, 1.807) is 6.20 Å². The van der Waals surface area contributed by atoms with Crippen LogP contribution in [0.1, 0.15) is 29.6 Å². The SMILES string of the molecule is O=C(c1cccc2cccnc12)N1CC[C@@]23OCCCN2C(=O)C[C@@H]13. The first-order chi connectivity index (χ1) is 12.2. The summed E-state index contributed by atoms with van der Waals surface area (Å²) in [6, 6.07) is 9.27. The van der Waals surface area contributed by atoms with E-state index in [0.717, 1.165) is 18.4 Å². The summed E-state index contributed by atoms with van der Waals surface area (Å²) in [4.78, 5) is 33.8. The van der Waals surface area contributed by atoms with Crippen molar-refractivity contribution in [3.63, 3.8) is 0 Å². The summed E-state index contributed by atoms with van der Waals surface area (Å²) in [7, 11) is 0. The van der Waals surface area contributed by atoms with Gasteiger partial charge in [0.2, 0.25) is 5.91 Å². The number of ether oxygens (including phenoxy) is 1. The number of fused-ring (bicyclic) bond motifs is 1. The largest absolute Gasteiger partial charge is 0.353 e. The Bertz CT molecular complexity index is 878. The van der Waals surface area contributed by atoms with Crippen molar-refractivity contribution in [2.75, 3.05) is 19.7 Å². The molecule has 3 aliphatic heterocycles. The summed E-state index contributed by atoms with van der Waals surface area (Å²) in [5, 5.41) is 0.945. The van der Waals surface area contributed by atoms with Gasteiger partial charge in [-0.05, 0) is 18.6 Å². The molecule has 1 aromatic carbocycles. The van der Waals surface area contributed by atoms with Crippen molar-refractivity contribution in [1.82, 2.24) is 14.8 Å². The van der Waals surface area contributed by atoms with Crippen LogP contribution in [-0.4, -0.2) is 58.1 Å². The predicted octanol–water partition coefficient (Wildman–Crippen LogP) is 1.80. The van der Waals surface area contributed by atoms with Gasteiger partial charge in [0.25, 0.3) is 5.91 Å². The van der Waals surface area contributed by atoms with Crippen molar-refractivity contribution in [2.24, 2.45) is 0 Å². The number of nitrogens with zero attached hydrogens (tertiary/aromatic N) is 3. The summed E-state index contributed by atoms with van der Waals surface area (Å²) in [6.45, 7) is 1.99. The van der Waals surface area contributed by atoms with Crippen molar-refractivity contribution in [1.29, 1.82) is 0 Å². The molecule has 1 spiro atoms. The quantitative estimate of drug-likeness (QED) is 0.796. The van der Waals surface area contributed by atoms with E-state index in [2.05, 4.69) is 4.98 Å². The molecule has 0 bridgehead atoms. The fraction of sp³-hybridized carbons (Fsp3) is 0.421. The molecule has 5 rings (SSSR count).